The third-order valence-electron chi connectivity index (χ3n) is 3.98. The minimum absolute atomic E-state index is 0.00368. The monoisotopic (exact) mass is 260 g/mol. The topological polar surface area (TPSA) is 27.7 Å². The van der Waals surface area contributed by atoms with Crippen molar-refractivity contribution >= 4 is 0 Å². The highest BCUT2D eigenvalue weighted by Gasteiger charge is 2.47. The fraction of sp³-hybridized carbons (Fsp3) is 0.500. The Morgan fingerprint density at radius 2 is 1.37 bits per heavy atom. The van der Waals surface area contributed by atoms with Crippen LogP contribution in [0.4, 0.5) is 0 Å². The van der Waals surface area contributed by atoms with Gasteiger partial charge in [-0.1, -0.05) is 24.3 Å². The van der Waals surface area contributed by atoms with Crippen LogP contribution < -0.4 is 0 Å². The van der Waals surface area contributed by atoms with Crippen LogP contribution in [0.3, 0.4) is 0 Å². The molecule has 0 aromatic rings. The van der Waals surface area contributed by atoms with Gasteiger partial charge in [-0.25, -0.2) is 0 Å². The molecule has 0 aromatic carbocycles. The Bertz CT molecular complexity index is 442. The van der Waals surface area contributed by atoms with Crippen molar-refractivity contribution in [3.63, 3.8) is 0 Å². The molecule has 3 heteroatoms. The van der Waals surface area contributed by atoms with Crippen LogP contribution in [0, 0.1) is 0 Å². The van der Waals surface area contributed by atoms with Crippen molar-refractivity contribution in [3.8, 4) is 0 Å². The van der Waals surface area contributed by atoms with Gasteiger partial charge in [0, 0.05) is 0 Å². The van der Waals surface area contributed by atoms with E-state index < -0.39 is 0 Å². The predicted molar refractivity (Wildman–Crippen MR) is 73.9 cm³/mol. The Hall–Kier alpha value is -1.16. The molecule has 3 aliphatic heterocycles. The summed E-state index contributed by atoms with van der Waals surface area (Å²) in [6, 6.07) is 0. The summed E-state index contributed by atoms with van der Waals surface area (Å²) < 4.78 is 17.9. The van der Waals surface area contributed by atoms with Crippen molar-refractivity contribution in [2.45, 2.75) is 38.3 Å². The summed E-state index contributed by atoms with van der Waals surface area (Å²) in [4.78, 5) is 0. The van der Waals surface area contributed by atoms with Crippen LogP contribution in [0.25, 0.3) is 0 Å². The SMILES string of the molecule is C=C(C)C1=C[C@H]2O[C@H]3C=C(C(=C)C)CO[C@H]3[C@H]2OC1. The second-order valence-corrected chi connectivity index (χ2v) is 5.56. The van der Waals surface area contributed by atoms with E-state index in [0.717, 1.165) is 22.3 Å². The standard InChI is InChI=1S/C16H20O3/c1-9(2)11-5-13-15(17-7-11)16-14(19-13)6-12(8-18-16)10(3)4/h5-6,13-16H,1,3,7-8H2,2,4H3/t13-,14+,15+,16-. The molecule has 0 N–H and O–H groups in total. The fourth-order valence-corrected chi connectivity index (χ4v) is 2.75. The van der Waals surface area contributed by atoms with Crippen LogP contribution in [0.15, 0.2) is 47.6 Å². The van der Waals surface area contributed by atoms with Gasteiger partial charge in [-0.05, 0) is 37.1 Å². The number of rotatable bonds is 2. The lowest BCUT2D eigenvalue weighted by atomic mass is 9.97. The first-order valence-electron chi connectivity index (χ1n) is 6.68. The maximum Gasteiger partial charge on any atom is 0.117 e. The van der Waals surface area contributed by atoms with Gasteiger partial charge in [0.2, 0.25) is 0 Å². The summed E-state index contributed by atoms with van der Waals surface area (Å²) in [6.45, 7) is 13.1. The van der Waals surface area contributed by atoms with Crippen molar-refractivity contribution in [1.82, 2.24) is 0 Å². The maximum atomic E-state index is 6.05. The van der Waals surface area contributed by atoms with Crippen molar-refractivity contribution < 1.29 is 14.2 Å². The Kier molecular flexibility index (Phi) is 3.21. The molecule has 3 nitrogen and oxygen atoms in total. The van der Waals surface area contributed by atoms with Crippen molar-refractivity contribution in [2.24, 2.45) is 0 Å². The van der Waals surface area contributed by atoms with Crippen LogP contribution in [-0.4, -0.2) is 37.6 Å². The summed E-state index contributed by atoms with van der Waals surface area (Å²) in [5, 5.41) is 0. The van der Waals surface area contributed by atoms with E-state index in [1.54, 1.807) is 0 Å². The van der Waals surface area contributed by atoms with Gasteiger partial charge >= 0.3 is 0 Å². The number of hydrogen-bond donors (Lipinski definition) is 0. The second-order valence-electron chi connectivity index (χ2n) is 5.56. The van der Waals surface area contributed by atoms with Gasteiger partial charge in [0.15, 0.2) is 0 Å². The van der Waals surface area contributed by atoms with E-state index >= 15 is 0 Å². The minimum Gasteiger partial charge on any atom is -0.368 e. The maximum absolute atomic E-state index is 6.05. The van der Waals surface area contributed by atoms with Crippen LogP contribution in [0.5, 0.6) is 0 Å². The minimum atomic E-state index is -0.0313. The first-order chi connectivity index (χ1) is 9.06. The molecule has 0 radical (unpaired) electrons. The molecular formula is C16H20O3. The number of fused-ring (bicyclic) bond motifs is 3. The smallest absolute Gasteiger partial charge is 0.117 e. The van der Waals surface area contributed by atoms with Crippen molar-refractivity contribution in [2.75, 3.05) is 13.2 Å². The Morgan fingerprint density at radius 1 is 0.947 bits per heavy atom. The molecule has 0 amide bonds. The molecule has 1 saturated heterocycles. The zero-order valence-electron chi connectivity index (χ0n) is 11.5. The van der Waals surface area contributed by atoms with E-state index in [1.165, 1.54) is 0 Å². The molecule has 0 spiro atoms. The van der Waals surface area contributed by atoms with Gasteiger partial charge in [-0.2, -0.15) is 0 Å². The largest absolute Gasteiger partial charge is 0.368 e. The van der Waals surface area contributed by atoms with E-state index in [0.29, 0.717) is 13.2 Å². The number of ether oxygens (including phenoxy) is 3. The van der Waals surface area contributed by atoms with Gasteiger partial charge < -0.3 is 14.2 Å². The summed E-state index contributed by atoms with van der Waals surface area (Å²) in [5.74, 6) is 0. The van der Waals surface area contributed by atoms with Crippen molar-refractivity contribution in [1.29, 1.82) is 0 Å². The molecular weight excluding hydrogens is 240 g/mol. The van der Waals surface area contributed by atoms with Gasteiger partial charge in [0.25, 0.3) is 0 Å². The lowest BCUT2D eigenvalue weighted by Gasteiger charge is -2.29. The van der Waals surface area contributed by atoms with Crippen molar-refractivity contribution in [3.05, 3.63) is 47.6 Å². The van der Waals surface area contributed by atoms with E-state index in [2.05, 4.69) is 25.3 Å². The lowest BCUT2D eigenvalue weighted by Crippen LogP contribution is -2.41. The van der Waals surface area contributed by atoms with Gasteiger partial charge in [0.1, 0.15) is 24.4 Å². The molecule has 0 unspecified atom stereocenters. The van der Waals surface area contributed by atoms with E-state index in [4.69, 9.17) is 14.2 Å². The molecule has 1 fully saturated rings. The van der Waals surface area contributed by atoms with Gasteiger partial charge in [0.05, 0.1) is 13.2 Å². The third-order valence-corrected chi connectivity index (χ3v) is 3.98. The van der Waals surface area contributed by atoms with E-state index in [-0.39, 0.29) is 24.4 Å². The first kappa shape index (κ1) is 12.9. The first-order valence-corrected chi connectivity index (χ1v) is 6.68. The highest BCUT2D eigenvalue weighted by Crippen LogP contribution is 2.36. The highest BCUT2D eigenvalue weighted by atomic mass is 16.6. The lowest BCUT2D eigenvalue weighted by molar-refractivity contribution is -0.0540. The predicted octanol–water partition coefficient (Wildman–Crippen LogP) is 2.56. The highest BCUT2D eigenvalue weighted by molar-refractivity contribution is 5.34. The second kappa shape index (κ2) is 4.75. The fourth-order valence-electron chi connectivity index (χ4n) is 2.75. The van der Waals surface area contributed by atoms with Gasteiger partial charge in [-0.15, -0.1) is 0 Å². The molecule has 3 rings (SSSR count). The molecule has 0 saturated carbocycles. The van der Waals surface area contributed by atoms with Crippen LogP contribution in [0.1, 0.15) is 13.8 Å². The summed E-state index contributed by atoms with van der Waals surface area (Å²) in [6.07, 6.45) is 4.19. The van der Waals surface area contributed by atoms with Gasteiger partial charge in [-0.3, -0.25) is 0 Å². The number of hydrogen-bond acceptors (Lipinski definition) is 3. The van der Waals surface area contributed by atoms with Crippen LogP contribution in [-0.2, 0) is 14.2 Å². The Morgan fingerprint density at radius 3 is 1.74 bits per heavy atom. The molecule has 19 heavy (non-hydrogen) atoms. The Balaban J connectivity index is 1.83. The molecule has 3 heterocycles. The summed E-state index contributed by atoms with van der Waals surface area (Å²) in [7, 11) is 0. The molecule has 0 aromatic heterocycles. The van der Waals surface area contributed by atoms with Crippen LogP contribution in [0.2, 0.25) is 0 Å². The third kappa shape index (κ3) is 2.22. The van der Waals surface area contributed by atoms with E-state index in [1.807, 2.05) is 13.8 Å². The summed E-state index contributed by atoms with van der Waals surface area (Å²) in [5.41, 5.74) is 4.33. The van der Waals surface area contributed by atoms with E-state index in [9.17, 15) is 0 Å². The molecule has 3 aliphatic rings. The Labute approximate surface area is 114 Å². The molecule has 102 valence electrons. The quantitative estimate of drug-likeness (QED) is 0.763. The normalized spacial score (nSPS) is 36.9. The average Bonchev–Trinajstić information content (AvgIpc) is 2.74. The zero-order valence-corrected chi connectivity index (χ0v) is 11.5. The average molecular weight is 260 g/mol. The van der Waals surface area contributed by atoms with Crippen LogP contribution >= 0.6 is 0 Å². The summed E-state index contributed by atoms with van der Waals surface area (Å²) >= 11 is 0. The molecule has 0 bridgehead atoms. The zero-order chi connectivity index (χ0) is 13.6. The molecule has 0 aliphatic carbocycles. The molecule has 4 atom stereocenters.